The van der Waals surface area contributed by atoms with Gasteiger partial charge in [0.25, 0.3) is 0 Å². The average Bonchev–Trinajstić information content (AvgIpc) is 2.79. The molecule has 4 rings (SSSR count). The predicted octanol–water partition coefficient (Wildman–Crippen LogP) is 3.90. The van der Waals surface area contributed by atoms with Crippen LogP contribution in [-0.4, -0.2) is 42.0 Å². The fourth-order valence-electron chi connectivity index (χ4n) is 4.40. The quantitative estimate of drug-likeness (QED) is 0.828. The van der Waals surface area contributed by atoms with Crippen molar-refractivity contribution >= 4 is 0 Å². The van der Waals surface area contributed by atoms with Gasteiger partial charge in [-0.15, -0.1) is 0 Å². The van der Waals surface area contributed by atoms with Gasteiger partial charge in [0.1, 0.15) is 0 Å². The Morgan fingerprint density at radius 3 is 1.75 bits per heavy atom. The molecule has 1 saturated heterocycles. The molecule has 0 radical (unpaired) electrons. The van der Waals surface area contributed by atoms with E-state index in [4.69, 9.17) is 0 Å². The molecular weight excluding hydrogens is 292 g/mol. The average molecular weight is 320 g/mol. The third-order valence-electron chi connectivity index (χ3n) is 5.81. The number of rotatable bonds is 2. The first-order valence-corrected chi connectivity index (χ1v) is 9.38. The second-order valence-corrected chi connectivity index (χ2v) is 7.47. The second-order valence-electron chi connectivity index (χ2n) is 7.47. The third-order valence-corrected chi connectivity index (χ3v) is 5.81. The summed E-state index contributed by atoms with van der Waals surface area (Å²) < 4.78 is 0. The van der Waals surface area contributed by atoms with E-state index in [1.165, 1.54) is 35.3 Å². The minimum atomic E-state index is 0.425. The number of hydrogen-bond donors (Lipinski definition) is 0. The summed E-state index contributed by atoms with van der Waals surface area (Å²) in [6.07, 6.45) is 2.32. The number of nitrogens with zero attached hydrogens (tertiary/aromatic N) is 2. The molecular formula is C22H28N2. The Morgan fingerprint density at radius 2 is 1.25 bits per heavy atom. The molecule has 0 spiro atoms. The van der Waals surface area contributed by atoms with Gasteiger partial charge in [-0.3, -0.25) is 9.80 Å². The number of hydrogen-bond acceptors (Lipinski definition) is 2. The van der Waals surface area contributed by atoms with Gasteiger partial charge in [-0.2, -0.15) is 0 Å². The highest BCUT2D eigenvalue weighted by molar-refractivity contribution is 5.44. The zero-order valence-corrected chi connectivity index (χ0v) is 14.9. The molecule has 0 unspecified atom stereocenters. The van der Waals surface area contributed by atoms with E-state index < -0.39 is 0 Å². The normalized spacial score (nSPS) is 19.8. The Bertz CT molecular complexity index is 651. The minimum Gasteiger partial charge on any atom is -0.298 e. The summed E-state index contributed by atoms with van der Waals surface area (Å²) in [6.45, 7) is 9.30. The van der Waals surface area contributed by atoms with Crippen LogP contribution in [0.15, 0.2) is 48.5 Å². The molecule has 2 aliphatic rings. The molecule has 1 fully saturated rings. The first-order valence-electron chi connectivity index (χ1n) is 9.38. The summed E-state index contributed by atoms with van der Waals surface area (Å²) in [5.74, 6) is 0. The molecule has 2 aromatic carbocycles. The van der Waals surface area contributed by atoms with Crippen molar-refractivity contribution in [2.24, 2.45) is 0 Å². The predicted molar refractivity (Wildman–Crippen MR) is 100 cm³/mol. The van der Waals surface area contributed by atoms with Crippen LogP contribution >= 0.6 is 0 Å². The van der Waals surface area contributed by atoms with Gasteiger partial charge in [0.2, 0.25) is 0 Å². The Hall–Kier alpha value is -1.64. The van der Waals surface area contributed by atoms with Crippen molar-refractivity contribution in [1.29, 1.82) is 0 Å². The van der Waals surface area contributed by atoms with Crippen LogP contribution in [0.4, 0.5) is 0 Å². The van der Waals surface area contributed by atoms with Crippen LogP contribution in [0.25, 0.3) is 0 Å². The topological polar surface area (TPSA) is 6.48 Å². The summed E-state index contributed by atoms with van der Waals surface area (Å²) in [6, 6.07) is 19.3. The van der Waals surface area contributed by atoms with E-state index in [9.17, 15) is 0 Å². The van der Waals surface area contributed by atoms with E-state index in [1.807, 2.05) is 0 Å². The van der Waals surface area contributed by atoms with Gasteiger partial charge < -0.3 is 0 Å². The van der Waals surface area contributed by atoms with Crippen molar-refractivity contribution in [3.05, 3.63) is 70.8 Å². The number of fused-ring (bicyclic) bond motifs is 2. The standard InChI is InChI=1S/C22H28N2/c1-17(2)23-13-15-24(16-14-23)22-20-9-5-3-7-18(20)11-12-19-8-4-6-10-21(19)22/h3-10,17,22H,11-16H2,1-2H3. The SMILES string of the molecule is CC(C)N1CCN(C2c3ccccc3CCc3ccccc32)CC1. The highest BCUT2D eigenvalue weighted by Crippen LogP contribution is 2.37. The van der Waals surface area contributed by atoms with Crippen LogP contribution in [0.2, 0.25) is 0 Å². The van der Waals surface area contributed by atoms with Crippen molar-refractivity contribution in [2.75, 3.05) is 26.2 Å². The Morgan fingerprint density at radius 1 is 0.750 bits per heavy atom. The first-order chi connectivity index (χ1) is 11.7. The van der Waals surface area contributed by atoms with Crippen LogP contribution < -0.4 is 0 Å². The Labute approximate surface area is 146 Å². The van der Waals surface area contributed by atoms with Crippen molar-refractivity contribution < 1.29 is 0 Å². The molecule has 2 heteroatoms. The van der Waals surface area contributed by atoms with E-state index >= 15 is 0 Å². The molecule has 0 saturated carbocycles. The van der Waals surface area contributed by atoms with Gasteiger partial charge in [0.05, 0.1) is 6.04 Å². The molecule has 24 heavy (non-hydrogen) atoms. The molecule has 0 aromatic heterocycles. The van der Waals surface area contributed by atoms with Crippen LogP contribution in [0.3, 0.4) is 0 Å². The zero-order valence-electron chi connectivity index (χ0n) is 14.9. The second kappa shape index (κ2) is 6.70. The smallest absolute Gasteiger partial charge is 0.0608 e. The molecule has 2 nitrogen and oxygen atoms in total. The lowest BCUT2D eigenvalue weighted by molar-refractivity contribution is 0.0891. The Balaban J connectivity index is 1.71. The fraction of sp³-hybridized carbons (Fsp3) is 0.455. The molecule has 1 aliphatic carbocycles. The van der Waals surface area contributed by atoms with Crippen LogP contribution in [0, 0.1) is 0 Å². The van der Waals surface area contributed by atoms with Gasteiger partial charge in [-0.05, 0) is 48.9 Å². The van der Waals surface area contributed by atoms with E-state index in [1.54, 1.807) is 0 Å². The van der Waals surface area contributed by atoms with Gasteiger partial charge in [-0.25, -0.2) is 0 Å². The fourth-order valence-corrected chi connectivity index (χ4v) is 4.40. The van der Waals surface area contributed by atoms with E-state index in [-0.39, 0.29) is 0 Å². The van der Waals surface area contributed by atoms with E-state index in [2.05, 4.69) is 72.2 Å². The highest BCUT2D eigenvalue weighted by atomic mass is 15.3. The van der Waals surface area contributed by atoms with Gasteiger partial charge >= 0.3 is 0 Å². The largest absolute Gasteiger partial charge is 0.298 e. The van der Waals surface area contributed by atoms with Crippen LogP contribution in [0.5, 0.6) is 0 Å². The Kier molecular flexibility index (Phi) is 4.43. The number of aryl methyl sites for hydroxylation is 2. The monoisotopic (exact) mass is 320 g/mol. The molecule has 0 amide bonds. The van der Waals surface area contributed by atoms with Crippen molar-refractivity contribution in [3.8, 4) is 0 Å². The third kappa shape index (κ3) is 2.89. The maximum absolute atomic E-state index is 2.71. The van der Waals surface area contributed by atoms with Gasteiger partial charge in [0, 0.05) is 32.2 Å². The maximum atomic E-state index is 2.71. The minimum absolute atomic E-state index is 0.425. The molecule has 1 heterocycles. The summed E-state index contributed by atoms with van der Waals surface area (Å²) in [4.78, 5) is 5.31. The lowest BCUT2D eigenvalue weighted by atomic mass is 9.92. The summed E-state index contributed by atoms with van der Waals surface area (Å²) in [5, 5.41) is 0. The van der Waals surface area contributed by atoms with Gasteiger partial charge in [0.15, 0.2) is 0 Å². The summed E-state index contributed by atoms with van der Waals surface area (Å²) in [7, 11) is 0. The van der Waals surface area contributed by atoms with Crippen LogP contribution in [0.1, 0.15) is 42.1 Å². The molecule has 0 N–H and O–H groups in total. The first kappa shape index (κ1) is 15.9. The maximum Gasteiger partial charge on any atom is 0.0608 e. The molecule has 126 valence electrons. The number of benzene rings is 2. The summed E-state index contributed by atoms with van der Waals surface area (Å²) in [5.41, 5.74) is 6.12. The van der Waals surface area contributed by atoms with E-state index in [0.29, 0.717) is 12.1 Å². The lowest BCUT2D eigenvalue weighted by Crippen LogP contribution is -2.50. The molecule has 0 atom stereocenters. The van der Waals surface area contributed by atoms with Crippen molar-refractivity contribution in [2.45, 2.75) is 38.8 Å². The van der Waals surface area contributed by atoms with Crippen molar-refractivity contribution in [3.63, 3.8) is 0 Å². The molecule has 2 aromatic rings. The highest BCUT2D eigenvalue weighted by Gasteiger charge is 2.31. The molecule has 1 aliphatic heterocycles. The van der Waals surface area contributed by atoms with Crippen LogP contribution in [-0.2, 0) is 12.8 Å². The van der Waals surface area contributed by atoms with Crippen molar-refractivity contribution in [1.82, 2.24) is 9.80 Å². The number of piperazine rings is 1. The lowest BCUT2D eigenvalue weighted by Gasteiger charge is -2.41. The van der Waals surface area contributed by atoms with Gasteiger partial charge in [-0.1, -0.05) is 48.5 Å². The summed E-state index contributed by atoms with van der Waals surface area (Å²) >= 11 is 0. The van der Waals surface area contributed by atoms with E-state index in [0.717, 1.165) is 25.9 Å². The molecule has 0 bridgehead atoms. The zero-order chi connectivity index (χ0) is 16.5.